The molecule has 0 radical (unpaired) electrons. The van der Waals surface area contributed by atoms with Crippen LogP contribution in [0.15, 0.2) is 48.5 Å². The van der Waals surface area contributed by atoms with E-state index in [-0.39, 0.29) is 5.91 Å². The Morgan fingerprint density at radius 2 is 1.76 bits per heavy atom. The lowest BCUT2D eigenvalue weighted by atomic mass is 10.1. The summed E-state index contributed by atoms with van der Waals surface area (Å²) in [5.41, 5.74) is 1.46. The third-order valence-corrected chi connectivity index (χ3v) is 3.51. The van der Waals surface area contributed by atoms with E-state index in [1.54, 1.807) is 55.5 Å². The van der Waals surface area contributed by atoms with Crippen molar-refractivity contribution < 1.29 is 19.1 Å². The molecule has 132 valence electrons. The van der Waals surface area contributed by atoms with E-state index in [2.05, 4.69) is 12.2 Å². The van der Waals surface area contributed by atoms with Crippen molar-refractivity contribution in [2.75, 3.05) is 18.5 Å². The fourth-order valence-corrected chi connectivity index (χ4v) is 2.18. The highest BCUT2D eigenvalue weighted by atomic mass is 16.5. The van der Waals surface area contributed by atoms with Crippen LogP contribution in [0.5, 0.6) is 5.75 Å². The molecule has 5 heteroatoms. The Morgan fingerprint density at radius 3 is 2.44 bits per heavy atom. The summed E-state index contributed by atoms with van der Waals surface area (Å²) in [5, 5.41) is 2.78. The first-order valence-electron chi connectivity index (χ1n) is 8.45. The summed E-state index contributed by atoms with van der Waals surface area (Å²) >= 11 is 0. The Labute approximate surface area is 148 Å². The molecule has 2 aromatic rings. The molecule has 0 aromatic heterocycles. The highest BCUT2D eigenvalue weighted by Crippen LogP contribution is 2.16. The van der Waals surface area contributed by atoms with Gasteiger partial charge in [-0.15, -0.1) is 0 Å². The molecule has 0 atom stereocenters. The molecule has 0 saturated carbocycles. The summed E-state index contributed by atoms with van der Waals surface area (Å²) in [5.74, 6) is 0.0857. The fourth-order valence-electron chi connectivity index (χ4n) is 2.18. The zero-order valence-electron chi connectivity index (χ0n) is 14.6. The van der Waals surface area contributed by atoms with E-state index in [1.807, 2.05) is 0 Å². The van der Waals surface area contributed by atoms with Gasteiger partial charge >= 0.3 is 5.97 Å². The molecular formula is C20H23NO4. The highest BCUT2D eigenvalue weighted by molar-refractivity contribution is 6.04. The molecule has 0 aliphatic rings. The molecule has 2 aromatic carbocycles. The molecule has 1 N–H and O–H groups in total. The number of amides is 1. The van der Waals surface area contributed by atoms with E-state index in [9.17, 15) is 9.59 Å². The summed E-state index contributed by atoms with van der Waals surface area (Å²) in [7, 11) is 0. The minimum Gasteiger partial charge on any atom is -0.494 e. The van der Waals surface area contributed by atoms with Crippen LogP contribution in [-0.4, -0.2) is 25.1 Å². The third-order valence-electron chi connectivity index (χ3n) is 3.51. The predicted molar refractivity (Wildman–Crippen MR) is 97.2 cm³/mol. The average molecular weight is 341 g/mol. The second-order valence-corrected chi connectivity index (χ2v) is 5.48. The average Bonchev–Trinajstić information content (AvgIpc) is 2.63. The summed E-state index contributed by atoms with van der Waals surface area (Å²) < 4.78 is 10.5. The van der Waals surface area contributed by atoms with Crippen LogP contribution < -0.4 is 10.1 Å². The fraction of sp³-hybridized carbons (Fsp3) is 0.300. The van der Waals surface area contributed by atoms with Crippen molar-refractivity contribution in [2.45, 2.75) is 26.7 Å². The molecule has 0 saturated heterocycles. The largest absolute Gasteiger partial charge is 0.494 e. The van der Waals surface area contributed by atoms with Crippen LogP contribution in [0.1, 0.15) is 47.4 Å². The van der Waals surface area contributed by atoms with Gasteiger partial charge in [-0.05, 0) is 55.8 Å². The lowest BCUT2D eigenvalue weighted by molar-refractivity contribution is 0.0526. The van der Waals surface area contributed by atoms with Crippen LogP contribution in [-0.2, 0) is 4.74 Å². The molecule has 0 aliphatic carbocycles. The van der Waals surface area contributed by atoms with Gasteiger partial charge in [0.25, 0.3) is 5.91 Å². The topological polar surface area (TPSA) is 64.6 Å². The molecule has 25 heavy (non-hydrogen) atoms. The lowest BCUT2D eigenvalue weighted by Gasteiger charge is -2.09. The first-order chi connectivity index (χ1) is 12.1. The first-order valence-corrected chi connectivity index (χ1v) is 8.45. The van der Waals surface area contributed by atoms with Crippen LogP contribution in [0.3, 0.4) is 0 Å². The van der Waals surface area contributed by atoms with Gasteiger partial charge in [0.15, 0.2) is 0 Å². The number of rotatable bonds is 8. The van der Waals surface area contributed by atoms with Gasteiger partial charge in [0.2, 0.25) is 0 Å². The summed E-state index contributed by atoms with van der Waals surface area (Å²) in [4.78, 5) is 24.1. The molecule has 0 fully saturated rings. The van der Waals surface area contributed by atoms with Crippen LogP contribution in [0.25, 0.3) is 0 Å². The second kappa shape index (κ2) is 9.47. The predicted octanol–water partition coefficient (Wildman–Crippen LogP) is 4.29. The molecule has 0 heterocycles. The maximum atomic E-state index is 12.3. The minimum atomic E-state index is -0.410. The van der Waals surface area contributed by atoms with E-state index >= 15 is 0 Å². The number of unbranched alkanes of at least 4 members (excludes halogenated alkanes) is 1. The van der Waals surface area contributed by atoms with Gasteiger partial charge < -0.3 is 14.8 Å². The van der Waals surface area contributed by atoms with Crippen molar-refractivity contribution in [1.82, 2.24) is 0 Å². The number of hydrogen-bond donors (Lipinski definition) is 1. The van der Waals surface area contributed by atoms with Gasteiger partial charge in [0, 0.05) is 11.3 Å². The van der Waals surface area contributed by atoms with Gasteiger partial charge in [0.05, 0.1) is 18.8 Å². The van der Waals surface area contributed by atoms with Gasteiger partial charge in [-0.1, -0.05) is 19.4 Å². The quantitative estimate of drug-likeness (QED) is 0.574. The second-order valence-electron chi connectivity index (χ2n) is 5.48. The standard InChI is InChI=1S/C20H23NO4/c1-3-5-13-25-18-11-9-15(10-12-18)19(22)21-17-8-6-7-16(14-17)20(23)24-4-2/h6-12,14H,3-5,13H2,1-2H3,(H,21,22). The SMILES string of the molecule is CCCCOc1ccc(C(=O)Nc2cccc(C(=O)OCC)c2)cc1. The van der Waals surface area contributed by atoms with E-state index in [0.29, 0.717) is 30.0 Å². The van der Waals surface area contributed by atoms with Crippen LogP contribution in [0.4, 0.5) is 5.69 Å². The monoisotopic (exact) mass is 341 g/mol. The zero-order valence-corrected chi connectivity index (χ0v) is 14.6. The number of ether oxygens (including phenoxy) is 2. The molecule has 0 unspecified atom stereocenters. The Bertz CT molecular complexity index is 710. The molecular weight excluding hydrogens is 318 g/mol. The van der Waals surface area contributed by atoms with Crippen LogP contribution in [0.2, 0.25) is 0 Å². The summed E-state index contributed by atoms with van der Waals surface area (Å²) in [6, 6.07) is 13.7. The van der Waals surface area contributed by atoms with Gasteiger partial charge in [-0.25, -0.2) is 4.79 Å². The number of carbonyl (C=O) groups is 2. The maximum absolute atomic E-state index is 12.3. The number of anilines is 1. The van der Waals surface area contributed by atoms with Crippen molar-refractivity contribution in [3.63, 3.8) is 0 Å². The highest BCUT2D eigenvalue weighted by Gasteiger charge is 2.10. The third kappa shape index (κ3) is 5.64. The van der Waals surface area contributed by atoms with Crippen LogP contribution in [0, 0.1) is 0 Å². The zero-order chi connectivity index (χ0) is 18.1. The van der Waals surface area contributed by atoms with Crippen molar-refractivity contribution >= 4 is 17.6 Å². The van der Waals surface area contributed by atoms with E-state index < -0.39 is 5.97 Å². The van der Waals surface area contributed by atoms with Crippen molar-refractivity contribution in [3.05, 3.63) is 59.7 Å². The minimum absolute atomic E-state index is 0.249. The molecule has 0 spiro atoms. The summed E-state index contributed by atoms with van der Waals surface area (Å²) in [6.45, 7) is 4.83. The maximum Gasteiger partial charge on any atom is 0.338 e. The number of benzene rings is 2. The smallest absolute Gasteiger partial charge is 0.338 e. The number of carbonyl (C=O) groups excluding carboxylic acids is 2. The van der Waals surface area contributed by atoms with Crippen molar-refractivity contribution in [2.24, 2.45) is 0 Å². The first kappa shape index (κ1) is 18.5. The van der Waals surface area contributed by atoms with Crippen LogP contribution >= 0.6 is 0 Å². The Balaban J connectivity index is 1.99. The van der Waals surface area contributed by atoms with Gasteiger partial charge in [-0.3, -0.25) is 4.79 Å². The van der Waals surface area contributed by atoms with Gasteiger partial charge in [-0.2, -0.15) is 0 Å². The summed E-state index contributed by atoms with van der Waals surface area (Å²) in [6.07, 6.45) is 2.07. The lowest BCUT2D eigenvalue weighted by Crippen LogP contribution is -2.12. The van der Waals surface area contributed by atoms with E-state index in [4.69, 9.17) is 9.47 Å². The van der Waals surface area contributed by atoms with E-state index in [1.165, 1.54) is 0 Å². The molecule has 2 rings (SSSR count). The molecule has 0 bridgehead atoms. The number of esters is 1. The van der Waals surface area contributed by atoms with Crippen molar-refractivity contribution in [3.8, 4) is 5.75 Å². The Morgan fingerprint density at radius 1 is 1.00 bits per heavy atom. The number of hydrogen-bond acceptors (Lipinski definition) is 4. The van der Waals surface area contributed by atoms with E-state index in [0.717, 1.165) is 18.6 Å². The number of nitrogens with one attached hydrogen (secondary N) is 1. The Kier molecular flexibility index (Phi) is 7.01. The normalized spacial score (nSPS) is 10.2. The molecule has 1 amide bonds. The van der Waals surface area contributed by atoms with Gasteiger partial charge in [0.1, 0.15) is 5.75 Å². The molecule has 0 aliphatic heterocycles. The Hall–Kier alpha value is -2.82. The molecule has 5 nitrogen and oxygen atoms in total. The van der Waals surface area contributed by atoms with Crippen molar-refractivity contribution in [1.29, 1.82) is 0 Å².